The zero-order chi connectivity index (χ0) is 21.5. The van der Waals surface area contributed by atoms with E-state index in [1.54, 1.807) is 6.08 Å². The number of hydrogen-bond donors (Lipinski definition) is 0. The number of imide groups is 1. The Labute approximate surface area is 182 Å². The van der Waals surface area contributed by atoms with Crippen LogP contribution in [0.5, 0.6) is 11.5 Å². The summed E-state index contributed by atoms with van der Waals surface area (Å²) in [7, 11) is 0. The third-order valence-corrected chi connectivity index (χ3v) is 5.39. The van der Waals surface area contributed by atoms with Crippen LogP contribution in [-0.2, 0) is 11.2 Å². The molecule has 1 aliphatic heterocycles. The van der Waals surface area contributed by atoms with Crippen LogP contribution in [0.25, 0.3) is 6.08 Å². The van der Waals surface area contributed by atoms with Crippen molar-refractivity contribution >= 4 is 29.0 Å². The highest BCUT2D eigenvalue weighted by Gasteiger charge is 2.34. The molecule has 0 aliphatic carbocycles. The topological polar surface area (TPSA) is 55.8 Å². The zero-order valence-corrected chi connectivity index (χ0v) is 18.4. The lowest BCUT2D eigenvalue weighted by Gasteiger charge is -2.14. The average molecular weight is 426 g/mol. The Morgan fingerprint density at radius 2 is 1.80 bits per heavy atom. The van der Waals surface area contributed by atoms with Crippen LogP contribution in [0.4, 0.5) is 4.79 Å². The van der Waals surface area contributed by atoms with Crippen molar-refractivity contribution in [2.24, 2.45) is 5.92 Å². The zero-order valence-electron chi connectivity index (χ0n) is 17.6. The maximum absolute atomic E-state index is 12.8. The fraction of sp³-hybridized carbons (Fsp3) is 0.333. The molecule has 0 aromatic heterocycles. The standard InChI is InChI=1S/C24H27NO4S/c1-4-28-21-14-19(10-11-20(21)29-16-17(2)3)15-22-23(26)25(24(27)30-22)13-12-18-8-6-5-7-9-18/h5-11,14-15,17H,4,12-13,16H2,1-3H3/b22-15-. The van der Waals surface area contributed by atoms with E-state index in [1.165, 1.54) is 4.90 Å². The molecule has 1 aliphatic rings. The normalized spacial score (nSPS) is 15.3. The predicted molar refractivity (Wildman–Crippen MR) is 121 cm³/mol. The number of amides is 2. The van der Waals surface area contributed by atoms with Crippen molar-refractivity contribution in [1.29, 1.82) is 0 Å². The van der Waals surface area contributed by atoms with Crippen molar-refractivity contribution in [1.82, 2.24) is 4.90 Å². The summed E-state index contributed by atoms with van der Waals surface area (Å²) in [5, 5.41) is -0.232. The van der Waals surface area contributed by atoms with Gasteiger partial charge >= 0.3 is 0 Å². The Kier molecular flexibility index (Phi) is 7.57. The molecule has 0 atom stereocenters. The van der Waals surface area contributed by atoms with E-state index in [-0.39, 0.29) is 11.1 Å². The molecule has 2 aromatic rings. The molecule has 1 fully saturated rings. The molecule has 0 saturated carbocycles. The van der Waals surface area contributed by atoms with E-state index in [1.807, 2.05) is 55.5 Å². The molecule has 2 aromatic carbocycles. The number of carbonyl (C=O) groups excluding carboxylic acids is 2. The predicted octanol–water partition coefficient (Wildman–Crippen LogP) is 5.40. The highest BCUT2D eigenvalue weighted by molar-refractivity contribution is 8.18. The first-order valence-corrected chi connectivity index (χ1v) is 11.0. The minimum Gasteiger partial charge on any atom is -0.490 e. The van der Waals surface area contributed by atoms with Gasteiger partial charge in [0, 0.05) is 6.54 Å². The number of hydrogen-bond acceptors (Lipinski definition) is 5. The van der Waals surface area contributed by atoms with Gasteiger partial charge in [-0.1, -0.05) is 50.2 Å². The van der Waals surface area contributed by atoms with Gasteiger partial charge in [0.25, 0.3) is 11.1 Å². The molecule has 1 heterocycles. The van der Waals surface area contributed by atoms with Gasteiger partial charge in [-0.3, -0.25) is 14.5 Å². The van der Waals surface area contributed by atoms with E-state index in [2.05, 4.69) is 13.8 Å². The van der Waals surface area contributed by atoms with Gasteiger partial charge in [-0.2, -0.15) is 0 Å². The van der Waals surface area contributed by atoms with Crippen LogP contribution < -0.4 is 9.47 Å². The molecular formula is C24H27NO4S. The second kappa shape index (κ2) is 10.3. The molecule has 3 rings (SSSR count). The van der Waals surface area contributed by atoms with Crippen molar-refractivity contribution in [2.45, 2.75) is 27.2 Å². The maximum atomic E-state index is 12.8. The third kappa shape index (κ3) is 5.66. The average Bonchev–Trinajstić information content (AvgIpc) is 2.99. The van der Waals surface area contributed by atoms with E-state index in [0.29, 0.717) is 48.5 Å². The second-order valence-electron chi connectivity index (χ2n) is 7.41. The number of rotatable bonds is 9. The van der Waals surface area contributed by atoms with Crippen LogP contribution in [0.3, 0.4) is 0 Å². The van der Waals surface area contributed by atoms with Crippen molar-refractivity contribution in [3.63, 3.8) is 0 Å². The van der Waals surface area contributed by atoms with E-state index < -0.39 is 0 Å². The highest BCUT2D eigenvalue weighted by Crippen LogP contribution is 2.35. The summed E-state index contributed by atoms with van der Waals surface area (Å²) < 4.78 is 11.5. The summed E-state index contributed by atoms with van der Waals surface area (Å²) in [6.45, 7) is 7.57. The summed E-state index contributed by atoms with van der Waals surface area (Å²) in [4.78, 5) is 26.9. The monoisotopic (exact) mass is 425 g/mol. The molecule has 0 radical (unpaired) electrons. The highest BCUT2D eigenvalue weighted by atomic mass is 32.2. The van der Waals surface area contributed by atoms with Gasteiger partial charge < -0.3 is 9.47 Å². The smallest absolute Gasteiger partial charge is 0.293 e. The van der Waals surface area contributed by atoms with E-state index >= 15 is 0 Å². The molecule has 5 nitrogen and oxygen atoms in total. The first kappa shape index (κ1) is 22.0. The Morgan fingerprint density at radius 1 is 1.03 bits per heavy atom. The van der Waals surface area contributed by atoms with Gasteiger partial charge in [0.1, 0.15) is 0 Å². The van der Waals surface area contributed by atoms with Crippen molar-refractivity contribution < 1.29 is 19.1 Å². The Morgan fingerprint density at radius 3 is 2.50 bits per heavy atom. The molecule has 0 unspecified atom stereocenters. The summed E-state index contributed by atoms with van der Waals surface area (Å²) in [6, 6.07) is 15.4. The fourth-order valence-electron chi connectivity index (χ4n) is 2.99. The Hall–Kier alpha value is -2.73. The van der Waals surface area contributed by atoms with Crippen LogP contribution in [0.2, 0.25) is 0 Å². The molecule has 0 N–H and O–H groups in total. The quantitative estimate of drug-likeness (QED) is 0.504. The lowest BCUT2D eigenvalue weighted by atomic mass is 10.1. The Balaban J connectivity index is 1.73. The van der Waals surface area contributed by atoms with Crippen LogP contribution in [0, 0.1) is 5.92 Å². The first-order chi connectivity index (χ1) is 14.5. The number of thioether (sulfide) groups is 1. The van der Waals surface area contributed by atoms with Gasteiger partial charge in [0.15, 0.2) is 11.5 Å². The molecule has 6 heteroatoms. The van der Waals surface area contributed by atoms with E-state index in [0.717, 1.165) is 22.9 Å². The molecular weight excluding hydrogens is 398 g/mol. The minimum absolute atomic E-state index is 0.232. The number of ether oxygens (including phenoxy) is 2. The van der Waals surface area contributed by atoms with Crippen LogP contribution >= 0.6 is 11.8 Å². The summed E-state index contributed by atoms with van der Waals surface area (Å²) in [6.07, 6.45) is 2.38. The second-order valence-corrected chi connectivity index (χ2v) is 8.41. The Bertz CT molecular complexity index is 924. The molecule has 158 valence electrons. The van der Waals surface area contributed by atoms with Gasteiger partial charge in [-0.25, -0.2) is 0 Å². The lowest BCUT2D eigenvalue weighted by molar-refractivity contribution is -0.122. The molecule has 2 amide bonds. The van der Waals surface area contributed by atoms with Crippen LogP contribution in [0.1, 0.15) is 31.9 Å². The molecule has 30 heavy (non-hydrogen) atoms. The molecule has 1 saturated heterocycles. The van der Waals surface area contributed by atoms with E-state index in [4.69, 9.17) is 9.47 Å². The number of carbonyl (C=O) groups is 2. The first-order valence-electron chi connectivity index (χ1n) is 10.2. The fourth-order valence-corrected chi connectivity index (χ4v) is 3.85. The van der Waals surface area contributed by atoms with Gasteiger partial charge in [0.2, 0.25) is 0 Å². The van der Waals surface area contributed by atoms with Crippen molar-refractivity contribution in [3.8, 4) is 11.5 Å². The maximum Gasteiger partial charge on any atom is 0.293 e. The number of benzene rings is 2. The largest absolute Gasteiger partial charge is 0.490 e. The summed E-state index contributed by atoms with van der Waals surface area (Å²) in [5.74, 6) is 1.47. The van der Waals surface area contributed by atoms with Crippen molar-refractivity contribution in [3.05, 3.63) is 64.6 Å². The molecule has 0 bridgehead atoms. The van der Waals surface area contributed by atoms with Gasteiger partial charge in [0.05, 0.1) is 18.1 Å². The summed E-state index contributed by atoms with van der Waals surface area (Å²) in [5.41, 5.74) is 1.89. The van der Waals surface area contributed by atoms with E-state index in [9.17, 15) is 9.59 Å². The van der Waals surface area contributed by atoms with Crippen LogP contribution in [-0.4, -0.2) is 35.8 Å². The van der Waals surface area contributed by atoms with Crippen molar-refractivity contribution in [2.75, 3.05) is 19.8 Å². The van der Waals surface area contributed by atoms with Crippen LogP contribution in [0.15, 0.2) is 53.4 Å². The third-order valence-electron chi connectivity index (χ3n) is 4.48. The number of nitrogens with zero attached hydrogens (tertiary/aromatic N) is 1. The molecule has 0 spiro atoms. The summed E-state index contributed by atoms with van der Waals surface area (Å²) >= 11 is 0.976. The minimum atomic E-state index is -0.251. The SMILES string of the molecule is CCOc1cc(/C=C2\SC(=O)N(CCc3ccccc3)C2=O)ccc1OCC(C)C. The van der Waals surface area contributed by atoms with Gasteiger partial charge in [-0.05, 0) is 60.4 Å². The lowest BCUT2D eigenvalue weighted by Crippen LogP contribution is -2.30. The van der Waals surface area contributed by atoms with Gasteiger partial charge in [-0.15, -0.1) is 0 Å².